The SMILES string of the molecule is O=C(O)c1cc2ccccc2c(-n2ccc(C3CC3)n2)n1. The lowest BCUT2D eigenvalue weighted by Crippen LogP contribution is -2.07. The van der Waals surface area contributed by atoms with Crippen molar-refractivity contribution in [3.63, 3.8) is 0 Å². The van der Waals surface area contributed by atoms with Gasteiger partial charge in [-0.05, 0) is 30.4 Å². The molecule has 3 aromatic rings. The van der Waals surface area contributed by atoms with Crippen LogP contribution in [-0.4, -0.2) is 25.8 Å². The molecule has 1 N–H and O–H groups in total. The Morgan fingerprint density at radius 1 is 1.24 bits per heavy atom. The minimum Gasteiger partial charge on any atom is -0.477 e. The lowest BCUT2D eigenvalue weighted by molar-refractivity contribution is 0.0690. The van der Waals surface area contributed by atoms with Gasteiger partial charge in [-0.3, -0.25) is 0 Å². The van der Waals surface area contributed by atoms with E-state index in [0.717, 1.165) is 16.5 Å². The van der Waals surface area contributed by atoms with Crippen LogP contribution in [0.5, 0.6) is 0 Å². The Kier molecular flexibility index (Phi) is 2.54. The summed E-state index contributed by atoms with van der Waals surface area (Å²) in [5.41, 5.74) is 1.09. The van der Waals surface area contributed by atoms with Gasteiger partial charge in [0.05, 0.1) is 5.69 Å². The molecule has 1 fully saturated rings. The highest BCUT2D eigenvalue weighted by molar-refractivity contribution is 5.95. The third kappa shape index (κ3) is 2.07. The van der Waals surface area contributed by atoms with Gasteiger partial charge in [0.1, 0.15) is 0 Å². The number of aromatic carboxylic acids is 1. The van der Waals surface area contributed by atoms with Gasteiger partial charge in [0.25, 0.3) is 0 Å². The van der Waals surface area contributed by atoms with E-state index < -0.39 is 5.97 Å². The Labute approximate surface area is 120 Å². The van der Waals surface area contributed by atoms with Gasteiger partial charge in [0.2, 0.25) is 0 Å². The first-order chi connectivity index (χ1) is 10.2. The number of fused-ring (bicyclic) bond motifs is 1. The lowest BCUT2D eigenvalue weighted by atomic mass is 10.1. The second-order valence-electron chi connectivity index (χ2n) is 5.32. The van der Waals surface area contributed by atoms with E-state index in [-0.39, 0.29) is 5.69 Å². The van der Waals surface area contributed by atoms with Crippen LogP contribution >= 0.6 is 0 Å². The van der Waals surface area contributed by atoms with Gasteiger partial charge in [0, 0.05) is 17.5 Å². The molecule has 4 rings (SSSR count). The molecule has 1 aliphatic carbocycles. The summed E-state index contributed by atoms with van der Waals surface area (Å²) in [5.74, 6) is 0.0918. The monoisotopic (exact) mass is 279 g/mol. The molecule has 0 amide bonds. The molecule has 0 unspecified atom stereocenters. The standard InChI is InChI=1S/C16H13N3O2/c20-16(21)14-9-11-3-1-2-4-12(11)15(17-14)19-8-7-13(18-19)10-5-6-10/h1-4,7-10H,5-6H2,(H,20,21). The molecule has 2 aromatic heterocycles. The van der Waals surface area contributed by atoms with E-state index >= 15 is 0 Å². The smallest absolute Gasteiger partial charge is 0.354 e. The topological polar surface area (TPSA) is 68.0 Å². The van der Waals surface area contributed by atoms with Gasteiger partial charge in [-0.1, -0.05) is 24.3 Å². The quantitative estimate of drug-likeness (QED) is 0.800. The minimum absolute atomic E-state index is 0.0344. The number of hydrogen-bond acceptors (Lipinski definition) is 3. The molecule has 5 heteroatoms. The van der Waals surface area contributed by atoms with Crippen LogP contribution in [0.15, 0.2) is 42.6 Å². The maximum atomic E-state index is 11.3. The van der Waals surface area contributed by atoms with E-state index in [2.05, 4.69) is 10.1 Å². The third-order valence-electron chi connectivity index (χ3n) is 3.76. The van der Waals surface area contributed by atoms with Gasteiger partial charge in [-0.2, -0.15) is 5.10 Å². The Balaban J connectivity index is 1.94. The van der Waals surface area contributed by atoms with Crippen LogP contribution in [0.4, 0.5) is 0 Å². The van der Waals surface area contributed by atoms with Crippen molar-refractivity contribution in [1.29, 1.82) is 0 Å². The van der Waals surface area contributed by atoms with Gasteiger partial charge in [0.15, 0.2) is 11.5 Å². The van der Waals surface area contributed by atoms with Crippen molar-refractivity contribution in [2.75, 3.05) is 0 Å². The summed E-state index contributed by atoms with van der Waals surface area (Å²) in [5, 5.41) is 15.5. The zero-order valence-electron chi connectivity index (χ0n) is 11.2. The maximum Gasteiger partial charge on any atom is 0.354 e. The molecule has 2 heterocycles. The molecule has 0 aliphatic heterocycles. The number of benzene rings is 1. The average molecular weight is 279 g/mol. The van der Waals surface area contributed by atoms with Crippen molar-refractivity contribution < 1.29 is 9.90 Å². The molecule has 1 saturated carbocycles. The van der Waals surface area contributed by atoms with Crippen LogP contribution in [0.3, 0.4) is 0 Å². The molecule has 1 aliphatic rings. The molecular weight excluding hydrogens is 266 g/mol. The maximum absolute atomic E-state index is 11.3. The van der Waals surface area contributed by atoms with Gasteiger partial charge in [-0.25, -0.2) is 14.5 Å². The number of carbonyl (C=O) groups is 1. The van der Waals surface area contributed by atoms with Crippen LogP contribution in [0, 0.1) is 0 Å². The summed E-state index contributed by atoms with van der Waals surface area (Å²) in [6.45, 7) is 0. The highest BCUT2D eigenvalue weighted by atomic mass is 16.4. The number of rotatable bonds is 3. The fourth-order valence-corrected chi connectivity index (χ4v) is 2.52. The van der Waals surface area contributed by atoms with E-state index in [9.17, 15) is 9.90 Å². The molecule has 1 aromatic carbocycles. The van der Waals surface area contributed by atoms with E-state index in [0.29, 0.717) is 11.7 Å². The largest absolute Gasteiger partial charge is 0.477 e. The summed E-state index contributed by atoms with van der Waals surface area (Å²) in [7, 11) is 0. The molecule has 21 heavy (non-hydrogen) atoms. The first kappa shape index (κ1) is 12.1. The van der Waals surface area contributed by atoms with Crippen molar-refractivity contribution in [3.05, 3.63) is 54.0 Å². The number of nitrogens with zero attached hydrogens (tertiary/aromatic N) is 3. The molecule has 104 valence electrons. The molecular formula is C16H13N3O2. The highest BCUT2D eigenvalue weighted by Gasteiger charge is 2.26. The number of hydrogen-bond donors (Lipinski definition) is 1. The second-order valence-corrected chi connectivity index (χ2v) is 5.32. The van der Waals surface area contributed by atoms with Crippen LogP contribution in [0.2, 0.25) is 0 Å². The zero-order valence-corrected chi connectivity index (χ0v) is 11.2. The molecule has 0 radical (unpaired) electrons. The van der Waals surface area contributed by atoms with Crippen molar-refractivity contribution in [2.24, 2.45) is 0 Å². The van der Waals surface area contributed by atoms with Crippen LogP contribution in [0.1, 0.15) is 34.9 Å². The Morgan fingerprint density at radius 2 is 2.05 bits per heavy atom. The summed E-state index contributed by atoms with van der Waals surface area (Å²) >= 11 is 0. The van der Waals surface area contributed by atoms with Crippen molar-refractivity contribution in [2.45, 2.75) is 18.8 Å². The normalized spacial score (nSPS) is 14.5. The highest BCUT2D eigenvalue weighted by Crippen LogP contribution is 2.39. The predicted octanol–water partition coefficient (Wildman–Crippen LogP) is 3.00. The van der Waals surface area contributed by atoms with E-state index in [4.69, 9.17) is 0 Å². The summed E-state index contributed by atoms with van der Waals surface area (Å²) in [4.78, 5) is 15.5. The minimum atomic E-state index is -1.03. The van der Waals surface area contributed by atoms with Crippen LogP contribution < -0.4 is 0 Å². The van der Waals surface area contributed by atoms with Crippen LogP contribution in [0.25, 0.3) is 16.6 Å². The summed E-state index contributed by atoms with van der Waals surface area (Å²) < 4.78 is 1.68. The van der Waals surface area contributed by atoms with Gasteiger partial charge >= 0.3 is 5.97 Å². The lowest BCUT2D eigenvalue weighted by Gasteiger charge is -2.07. The van der Waals surface area contributed by atoms with Gasteiger partial charge in [-0.15, -0.1) is 0 Å². The number of pyridine rings is 1. The zero-order chi connectivity index (χ0) is 14.4. The molecule has 0 atom stereocenters. The Morgan fingerprint density at radius 3 is 2.81 bits per heavy atom. The van der Waals surface area contributed by atoms with Crippen molar-refractivity contribution in [3.8, 4) is 5.82 Å². The Bertz CT molecular complexity index is 850. The van der Waals surface area contributed by atoms with E-state index in [1.54, 1.807) is 10.7 Å². The first-order valence-corrected chi connectivity index (χ1v) is 6.91. The predicted molar refractivity (Wildman–Crippen MR) is 77.8 cm³/mol. The summed E-state index contributed by atoms with van der Waals surface area (Å²) in [6.07, 6.45) is 4.22. The number of carboxylic acids is 1. The fourth-order valence-electron chi connectivity index (χ4n) is 2.52. The summed E-state index contributed by atoms with van der Waals surface area (Å²) in [6, 6.07) is 11.2. The molecule has 0 saturated heterocycles. The Hall–Kier alpha value is -2.69. The van der Waals surface area contributed by atoms with E-state index in [1.165, 1.54) is 12.8 Å². The fraction of sp³-hybridized carbons (Fsp3) is 0.188. The van der Waals surface area contributed by atoms with Gasteiger partial charge < -0.3 is 5.11 Å². The van der Waals surface area contributed by atoms with Crippen molar-refractivity contribution in [1.82, 2.24) is 14.8 Å². The molecule has 5 nitrogen and oxygen atoms in total. The number of aromatic nitrogens is 3. The van der Waals surface area contributed by atoms with Crippen LogP contribution in [-0.2, 0) is 0 Å². The first-order valence-electron chi connectivity index (χ1n) is 6.91. The second kappa shape index (κ2) is 4.41. The van der Waals surface area contributed by atoms with E-state index in [1.807, 2.05) is 36.5 Å². The average Bonchev–Trinajstić information content (AvgIpc) is 3.24. The third-order valence-corrected chi connectivity index (χ3v) is 3.76. The van der Waals surface area contributed by atoms with Crippen molar-refractivity contribution >= 4 is 16.7 Å². The number of carboxylic acid groups (broad SMARTS) is 1. The molecule has 0 spiro atoms. The molecule has 0 bridgehead atoms.